The lowest BCUT2D eigenvalue weighted by molar-refractivity contribution is 0.312. The molecule has 1 aliphatic heterocycles. The van der Waals surface area contributed by atoms with Crippen molar-refractivity contribution in [3.63, 3.8) is 0 Å². The molecule has 18 heavy (non-hydrogen) atoms. The fourth-order valence-electron chi connectivity index (χ4n) is 2.21. The number of hydrogen-bond donors (Lipinski definition) is 0. The van der Waals surface area contributed by atoms with Gasteiger partial charge in [-0.3, -0.25) is 4.79 Å². The molecule has 0 unspecified atom stereocenters. The van der Waals surface area contributed by atoms with Gasteiger partial charge in [0.1, 0.15) is 11.6 Å². The van der Waals surface area contributed by atoms with Crippen LogP contribution in [0.25, 0.3) is 0 Å². The van der Waals surface area contributed by atoms with E-state index < -0.39 is 0 Å². The number of aryl methyl sites for hydroxylation is 1. The summed E-state index contributed by atoms with van der Waals surface area (Å²) in [5.41, 5.74) is 1.72. The van der Waals surface area contributed by atoms with Crippen LogP contribution in [0.4, 0.5) is 5.69 Å². The summed E-state index contributed by atoms with van der Waals surface area (Å²) in [5, 5.41) is 9.20. The smallest absolute Gasteiger partial charge is 0.270 e. The average Bonchev–Trinajstić information content (AvgIpc) is 2.37. The van der Waals surface area contributed by atoms with E-state index in [1.54, 1.807) is 7.05 Å². The van der Waals surface area contributed by atoms with Gasteiger partial charge in [-0.25, -0.2) is 0 Å². The zero-order valence-electron chi connectivity index (χ0n) is 11.1. The van der Waals surface area contributed by atoms with Crippen molar-refractivity contribution < 1.29 is 0 Å². The molecule has 1 aromatic heterocycles. The van der Waals surface area contributed by atoms with Crippen LogP contribution in [0.2, 0.25) is 0 Å². The van der Waals surface area contributed by atoms with E-state index in [1.165, 1.54) is 4.57 Å². The van der Waals surface area contributed by atoms with E-state index in [-0.39, 0.29) is 11.1 Å². The maximum Gasteiger partial charge on any atom is 0.270 e. The molecule has 1 aliphatic rings. The summed E-state index contributed by atoms with van der Waals surface area (Å²) in [5.74, 6) is 0. The first kappa shape index (κ1) is 12.7. The highest BCUT2D eigenvalue weighted by Crippen LogP contribution is 2.19. The maximum absolute atomic E-state index is 12.1. The lowest BCUT2D eigenvalue weighted by Gasteiger charge is -2.34. The van der Waals surface area contributed by atoms with E-state index in [2.05, 4.69) is 22.9 Å². The molecule has 0 amide bonds. The SMILES string of the molecule is Cc1cc(N2CCN(C)CC2)c(C#N)c(=O)n1C. The van der Waals surface area contributed by atoms with Crippen LogP contribution in [-0.4, -0.2) is 42.7 Å². The average molecular weight is 246 g/mol. The monoisotopic (exact) mass is 246 g/mol. The Bertz CT molecular complexity index is 547. The summed E-state index contributed by atoms with van der Waals surface area (Å²) < 4.78 is 1.53. The number of hydrogen-bond acceptors (Lipinski definition) is 4. The van der Waals surface area contributed by atoms with Gasteiger partial charge in [-0.2, -0.15) is 5.26 Å². The number of nitrogens with zero attached hydrogens (tertiary/aromatic N) is 4. The van der Waals surface area contributed by atoms with Crippen LogP contribution >= 0.6 is 0 Å². The Morgan fingerprint density at radius 3 is 2.39 bits per heavy atom. The maximum atomic E-state index is 12.1. The first-order valence-electron chi connectivity index (χ1n) is 6.09. The lowest BCUT2D eigenvalue weighted by atomic mass is 10.1. The second-order valence-corrected chi connectivity index (χ2v) is 4.81. The van der Waals surface area contributed by atoms with Crippen molar-refractivity contribution >= 4 is 5.69 Å². The van der Waals surface area contributed by atoms with Gasteiger partial charge in [0.2, 0.25) is 0 Å². The molecule has 0 bridgehead atoms. The van der Waals surface area contributed by atoms with Gasteiger partial charge in [0.25, 0.3) is 5.56 Å². The molecule has 0 N–H and O–H groups in total. The number of likely N-dealkylation sites (N-methyl/N-ethyl adjacent to an activating group) is 1. The van der Waals surface area contributed by atoms with E-state index in [1.807, 2.05) is 13.0 Å². The Kier molecular flexibility index (Phi) is 3.39. The first-order chi connectivity index (χ1) is 8.54. The molecule has 0 atom stereocenters. The quantitative estimate of drug-likeness (QED) is 0.716. The number of pyridine rings is 1. The third kappa shape index (κ3) is 2.12. The van der Waals surface area contributed by atoms with Crippen LogP contribution in [-0.2, 0) is 7.05 Å². The Morgan fingerprint density at radius 1 is 1.22 bits per heavy atom. The number of piperazine rings is 1. The second kappa shape index (κ2) is 4.83. The lowest BCUT2D eigenvalue weighted by Crippen LogP contribution is -2.45. The third-order valence-electron chi connectivity index (χ3n) is 3.61. The van der Waals surface area contributed by atoms with Crippen molar-refractivity contribution in [1.29, 1.82) is 5.26 Å². The number of nitriles is 1. The Hall–Kier alpha value is -1.80. The molecule has 0 radical (unpaired) electrons. The van der Waals surface area contributed by atoms with Crippen LogP contribution in [0.3, 0.4) is 0 Å². The zero-order chi connectivity index (χ0) is 13.3. The highest BCUT2D eigenvalue weighted by atomic mass is 16.1. The molecular formula is C13H18N4O. The molecule has 5 nitrogen and oxygen atoms in total. The van der Waals surface area contributed by atoms with Gasteiger partial charge in [0, 0.05) is 38.9 Å². The Balaban J connectivity index is 2.45. The molecule has 2 heterocycles. The highest BCUT2D eigenvalue weighted by Gasteiger charge is 2.20. The van der Waals surface area contributed by atoms with Crippen LogP contribution in [0.5, 0.6) is 0 Å². The van der Waals surface area contributed by atoms with Gasteiger partial charge in [-0.1, -0.05) is 0 Å². The molecule has 0 aromatic carbocycles. The third-order valence-corrected chi connectivity index (χ3v) is 3.61. The van der Waals surface area contributed by atoms with E-state index in [0.29, 0.717) is 0 Å². The second-order valence-electron chi connectivity index (χ2n) is 4.81. The molecule has 0 aliphatic carbocycles. The number of aromatic nitrogens is 1. The highest BCUT2D eigenvalue weighted by molar-refractivity contribution is 5.59. The predicted octanol–water partition coefficient (Wildman–Crippen LogP) is 0.317. The number of rotatable bonds is 1. The molecular weight excluding hydrogens is 228 g/mol. The van der Waals surface area contributed by atoms with Crippen LogP contribution in [0, 0.1) is 18.3 Å². The summed E-state index contributed by atoms with van der Waals surface area (Å²) >= 11 is 0. The van der Waals surface area contributed by atoms with Crippen molar-refractivity contribution in [2.75, 3.05) is 38.1 Å². The van der Waals surface area contributed by atoms with E-state index >= 15 is 0 Å². The van der Waals surface area contributed by atoms with Crippen molar-refractivity contribution in [2.24, 2.45) is 7.05 Å². The van der Waals surface area contributed by atoms with Crippen molar-refractivity contribution in [3.05, 3.63) is 27.7 Å². The van der Waals surface area contributed by atoms with Crippen molar-refractivity contribution in [1.82, 2.24) is 9.47 Å². The molecule has 96 valence electrons. The molecule has 1 saturated heterocycles. The van der Waals surface area contributed by atoms with Crippen LogP contribution in [0.1, 0.15) is 11.3 Å². The Labute approximate surface area is 107 Å². The van der Waals surface area contributed by atoms with E-state index in [0.717, 1.165) is 37.6 Å². The first-order valence-corrected chi connectivity index (χ1v) is 6.09. The fraction of sp³-hybridized carbons (Fsp3) is 0.538. The minimum atomic E-state index is -0.202. The van der Waals surface area contributed by atoms with Gasteiger partial charge in [0.05, 0.1) is 5.69 Å². The predicted molar refractivity (Wildman–Crippen MR) is 70.8 cm³/mol. The zero-order valence-corrected chi connectivity index (χ0v) is 11.1. The summed E-state index contributed by atoms with van der Waals surface area (Å²) in [4.78, 5) is 16.4. The number of anilines is 1. The molecule has 1 aromatic rings. The van der Waals surface area contributed by atoms with Gasteiger partial charge < -0.3 is 14.4 Å². The molecule has 0 saturated carbocycles. The van der Waals surface area contributed by atoms with Crippen LogP contribution < -0.4 is 10.5 Å². The van der Waals surface area contributed by atoms with Gasteiger partial charge in [-0.05, 0) is 20.0 Å². The van der Waals surface area contributed by atoms with Crippen LogP contribution in [0.15, 0.2) is 10.9 Å². The topological polar surface area (TPSA) is 52.3 Å². The van der Waals surface area contributed by atoms with E-state index in [4.69, 9.17) is 0 Å². The minimum absolute atomic E-state index is 0.202. The van der Waals surface area contributed by atoms with Gasteiger partial charge in [0.15, 0.2) is 0 Å². The fourth-order valence-corrected chi connectivity index (χ4v) is 2.21. The molecule has 2 rings (SSSR count). The molecule has 5 heteroatoms. The minimum Gasteiger partial charge on any atom is -0.368 e. The van der Waals surface area contributed by atoms with Crippen molar-refractivity contribution in [2.45, 2.75) is 6.92 Å². The summed E-state index contributed by atoms with van der Waals surface area (Å²) in [6, 6.07) is 3.99. The Morgan fingerprint density at radius 2 is 1.83 bits per heavy atom. The van der Waals surface area contributed by atoms with Gasteiger partial charge in [-0.15, -0.1) is 0 Å². The summed E-state index contributed by atoms with van der Waals surface area (Å²) in [6.07, 6.45) is 0. The summed E-state index contributed by atoms with van der Waals surface area (Å²) in [7, 11) is 3.78. The largest absolute Gasteiger partial charge is 0.368 e. The molecule has 1 fully saturated rings. The normalized spacial score (nSPS) is 16.7. The van der Waals surface area contributed by atoms with Crippen molar-refractivity contribution in [3.8, 4) is 6.07 Å². The van der Waals surface area contributed by atoms with Gasteiger partial charge >= 0.3 is 0 Å². The summed E-state index contributed by atoms with van der Waals surface area (Å²) in [6.45, 7) is 5.52. The van der Waals surface area contributed by atoms with E-state index in [9.17, 15) is 10.1 Å². The standard InChI is InChI=1S/C13H18N4O/c1-10-8-12(11(9-14)13(18)16(10)3)17-6-4-15(2)5-7-17/h8H,4-7H2,1-3H3. The molecule has 0 spiro atoms.